The third-order valence-electron chi connectivity index (χ3n) is 3.06. The minimum Gasteiger partial charge on any atom is -0.489 e. The smallest absolute Gasteiger partial charge is 0.187 e. The van der Waals surface area contributed by atoms with Gasteiger partial charge in [0.15, 0.2) is 5.11 Å². The van der Waals surface area contributed by atoms with E-state index in [4.69, 9.17) is 40.2 Å². The normalized spacial score (nSPS) is 10.5. The molecule has 0 saturated heterocycles. The Labute approximate surface area is 162 Å². The first-order valence-corrected chi connectivity index (χ1v) is 8.59. The third kappa shape index (κ3) is 6.74. The summed E-state index contributed by atoms with van der Waals surface area (Å²) in [4.78, 5) is 0. The summed E-state index contributed by atoms with van der Waals surface area (Å²) in [5.41, 5.74) is 4.59. The zero-order valence-electron chi connectivity index (χ0n) is 13.3. The molecule has 7 heteroatoms. The first kappa shape index (κ1) is 19.2. The van der Waals surface area contributed by atoms with Crippen molar-refractivity contribution in [2.75, 3.05) is 6.54 Å². The Morgan fingerprint density at radius 2 is 1.92 bits per heavy atom. The van der Waals surface area contributed by atoms with E-state index in [1.54, 1.807) is 24.4 Å². The molecule has 0 radical (unpaired) electrons. The van der Waals surface area contributed by atoms with E-state index in [2.05, 4.69) is 22.4 Å². The van der Waals surface area contributed by atoms with Crippen molar-refractivity contribution in [1.82, 2.24) is 10.7 Å². The maximum atomic E-state index is 5.99. The van der Waals surface area contributed by atoms with Crippen LogP contribution in [0.25, 0.3) is 0 Å². The van der Waals surface area contributed by atoms with Crippen molar-refractivity contribution in [2.45, 2.75) is 6.61 Å². The lowest BCUT2D eigenvalue weighted by Gasteiger charge is -2.07. The van der Waals surface area contributed by atoms with E-state index in [9.17, 15) is 0 Å². The number of nitrogens with one attached hydrogen (secondary N) is 2. The van der Waals surface area contributed by atoms with E-state index in [0.717, 1.165) is 16.9 Å². The van der Waals surface area contributed by atoms with Crippen molar-refractivity contribution in [3.05, 3.63) is 76.3 Å². The standard InChI is InChI=1S/C18H17Cl2N3OS/c1-2-9-21-18(25)23-22-11-13-3-6-15(7-4-13)24-12-14-5-8-16(19)17(20)10-14/h2-8,10-11H,1,9,12H2,(H2,21,23,25)/b22-11+. The molecule has 0 aliphatic carbocycles. The molecule has 0 fully saturated rings. The summed E-state index contributed by atoms with van der Waals surface area (Å²) in [7, 11) is 0. The second-order valence-corrected chi connectivity index (χ2v) is 6.20. The quantitative estimate of drug-likeness (QED) is 0.313. The van der Waals surface area contributed by atoms with Crippen LogP contribution in [0.15, 0.2) is 60.2 Å². The highest BCUT2D eigenvalue weighted by Gasteiger charge is 2.01. The zero-order chi connectivity index (χ0) is 18.1. The van der Waals surface area contributed by atoms with Gasteiger partial charge in [0.05, 0.1) is 16.3 Å². The number of thiocarbonyl (C=S) groups is 1. The average molecular weight is 394 g/mol. The van der Waals surface area contributed by atoms with Gasteiger partial charge < -0.3 is 10.1 Å². The Balaban J connectivity index is 1.83. The van der Waals surface area contributed by atoms with E-state index >= 15 is 0 Å². The molecule has 4 nitrogen and oxygen atoms in total. The minimum absolute atomic E-state index is 0.412. The molecule has 0 spiro atoms. The van der Waals surface area contributed by atoms with E-state index in [0.29, 0.717) is 28.3 Å². The molecular formula is C18H17Cl2N3OS. The van der Waals surface area contributed by atoms with Crippen LogP contribution in [0.3, 0.4) is 0 Å². The van der Waals surface area contributed by atoms with E-state index < -0.39 is 0 Å². The summed E-state index contributed by atoms with van der Waals surface area (Å²) < 4.78 is 5.73. The van der Waals surface area contributed by atoms with Crippen molar-refractivity contribution < 1.29 is 4.74 Å². The Morgan fingerprint density at radius 1 is 1.16 bits per heavy atom. The van der Waals surface area contributed by atoms with Crippen LogP contribution in [-0.4, -0.2) is 17.9 Å². The zero-order valence-corrected chi connectivity index (χ0v) is 15.7. The summed E-state index contributed by atoms with van der Waals surface area (Å²) in [5.74, 6) is 0.749. The van der Waals surface area contributed by atoms with Crippen molar-refractivity contribution in [3.8, 4) is 5.75 Å². The molecule has 0 bridgehead atoms. The topological polar surface area (TPSA) is 45.7 Å². The average Bonchev–Trinajstić information content (AvgIpc) is 2.62. The lowest BCUT2D eigenvalue weighted by Crippen LogP contribution is -2.31. The number of ether oxygens (including phenoxy) is 1. The van der Waals surface area contributed by atoms with Crippen LogP contribution in [0.2, 0.25) is 10.0 Å². The molecule has 0 saturated carbocycles. The predicted molar refractivity (Wildman–Crippen MR) is 109 cm³/mol. The highest BCUT2D eigenvalue weighted by atomic mass is 35.5. The number of halogens is 2. The predicted octanol–water partition coefficient (Wildman–Crippen LogP) is 4.56. The van der Waals surface area contributed by atoms with Gasteiger partial charge >= 0.3 is 0 Å². The monoisotopic (exact) mass is 393 g/mol. The molecule has 2 rings (SSSR count). The molecule has 2 aromatic carbocycles. The van der Waals surface area contributed by atoms with Gasteiger partial charge in [-0.3, -0.25) is 5.43 Å². The van der Waals surface area contributed by atoms with Gasteiger partial charge in [0.1, 0.15) is 12.4 Å². The summed E-state index contributed by atoms with van der Waals surface area (Å²) >= 11 is 16.9. The third-order valence-corrected chi connectivity index (χ3v) is 4.03. The molecule has 0 amide bonds. The lowest BCUT2D eigenvalue weighted by molar-refractivity contribution is 0.306. The minimum atomic E-state index is 0.412. The lowest BCUT2D eigenvalue weighted by atomic mass is 10.2. The molecule has 0 aromatic heterocycles. The Morgan fingerprint density at radius 3 is 2.60 bits per heavy atom. The molecule has 0 unspecified atom stereocenters. The van der Waals surface area contributed by atoms with Crippen LogP contribution in [0.1, 0.15) is 11.1 Å². The summed E-state index contributed by atoms with van der Waals surface area (Å²) in [6.07, 6.45) is 3.39. The van der Waals surface area contributed by atoms with Crippen molar-refractivity contribution in [3.63, 3.8) is 0 Å². The largest absolute Gasteiger partial charge is 0.489 e. The fourth-order valence-corrected chi connectivity index (χ4v) is 2.27. The molecule has 2 aromatic rings. The van der Waals surface area contributed by atoms with Crippen LogP contribution < -0.4 is 15.5 Å². The number of rotatable bonds is 7. The van der Waals surface area contributed by atoms with Crippen LogP contribution in [-0.2, 0) is 6.61 Å². The number of benzene rings is 2. The van der Waals surface area contributed by atoms with Gasteiger partial charge in [-0.15, -0.1) is 6.58 Å². The van der Waals surface area contributed by atoms with E-state index in [-0.39, 0.29) is 0 Å². The van der Waals surface area contributed by atoms with Crippen LogP contribution in [0.4, 0.5) is 0 Å². The number of nitrogens with zero attached hydrogens (tertiary/aromatic N) is 1. The Hall–Kier alpha value is -2.08. The maximum absolute atomic E-state index is 5.99. The second-order valence-electron chi connectivity index (χ2n) is 4.97. The fraction of sp³-hybridized carbons (Fsp3) is 0.111. The van der Waals surface area contributed by atoms with Crippen molar-refractivity contribution >= 4 is 46.7 Å². The van der Waals surface area contributed by atoms with Crippen molar-refractivity contribution in [2.24, 2.45) is 5.10 Å². The first-order valence-electron chi connectivity index (χ1n) is 7.43. The number of hydrogen-bond acceptors (Lipinski definition) is 3. The van der Waals surface area contributed by atoms with E-state index in [1.165, 1.54) is 0 Å². The highest BCUT2D eigenvalue weighted by molar-refractivity contribution is 7.80. The van der Waals surface area contributed by atoms with Crippen LogP contribution >= 0.6 is 35.4 Å². The Kier molecular flexibility index (Phi) is 7.73. The SMILES string of the molecule is C=CCNC(=S)N/N=C/c1ccc(OCc2ccc(Cl)c(Cl)c2)cc1. The number of hydrogen-bond donors (Lipinski definition) is 2. The summed E-state index contributed by atoms with van der Waals surface area (Å²) in [6.45, 7) is 4.60. The summed E-state index contributed by atoms with van der Waals surface area (Å²) in [6, 6.07) is 13.0. The first-order chi connectivity index (χ1) is 12.1. The molecule has 2 N–H and O–H groups in total. The van der Waals surface area contributed by atoms with Crippen LogP contribution in [0.5, 0.6) is 5.75 Å². The fourth-order valence-electron chi connectivity index (χ4n) is 1.82. The summed E-state index contributed by atoms with van der Waals surface area (Å²) in [5, 5.41) is 8.46. The van der Waals surface area contributed by atoms with Gasteiger partial charge in [-0.25, -0.2) is 0 Å². The van der Waals surface area contributed by atoms with Crippen molar-refractivity contribution in [1.29, 1.82) is 0 Å². The van der Waals surface area contributed by atoms with Gasteiger partial charge in [0, 0.05) is 6.54 Å². The second kappa shape index (κ2) is 10.0. The van der Waals surface area contributed by atoms with Gasteiger partial charge in [0.2, 0.25) is 0 Å². The maximum Gasteiger partial charge on any atom is 0.187 e. The molecular weight excluding hydrogens is 377 g/mol. The van der Waals surface area contributed by atoms with Gasteiger partial charge in [-0.2, -0.15) is 5.10 Å². The van der Waals surface area contributed by atoms with Gasteiger partial charge in [-0.1, -0.05) is 35.3 Å². The molecule has 0 aliphatic rings. The Bertz CT molecular complexity index is 763. The van der Waals surface area contributed by atoms with Crippen LogP contribution in [0, 0.1) is 0 Å². The van der Waals surface area contributed by atoms with E-state index in [1.807, 2.05) is 30.3 Å². The molecule has 25 heavy (non-hydrogen) atoms. The molecule has 0 aliphatic heterocycles. The molecule has 130 valence electrons. The van der Waals surface area contributed by atoms with Gasteiger partial charge in [-0.05, 0) is 59.7 Å². The van der Waals surface area contributed by atoms with Gasteiger partial charge in [0.25, 0.3) is 0 Å². The number of hydrazone groups is 1. The molecule has 0 atom stereocenters. The molecule has 0 heterocycles. The highest BCUT2D eigenvalue weighted by Crippen LogP contribution is 2.23.